The van der Waals surface area contributed by atoms with Gasteiger partial charge in [-0.05, 0) is 92.0 Å². The van der Waals surface area contributed by atoms with E-state index in [-0.39, 0.29) is 23.8 Å². The number of hydrogen-bond acceptors (Lipinski definition) is 9. The van der Waals surface area contributed by atoms with Crippen molar-refractivity contribution in [1.82, 2.24) is 4.57 Å². The molecule has 3 aromatic rings. The highest BCUT2D eigenvalue weighted by molar-refractivity contribution is 9.10. The minimum Gasteiger partial charge on any atom is -0.493 e. The summed E-state index contributed by atoms with van der Waals surface area (Å²) < 4.78 is 31.2. The minimum atomic E-state index is -0.792. The molecule has 228 valence electrons. The van der Waals surface area contributed by atoms with Crippen molar-refractivity contribution in [3.05, 3.63) is 89.5 Å². The number of allylic oxidation sites excluding steroid dienone is 1. The fourth-order valence-electron chi connectivity index (χ4n) is 4.68. The Kier molecular flexibility index (Phi) is 10.5. The second kappa shape index (κ2) is 14.1. The first-order valence-corrected chi connectivity index (χ1v) is 15.5. The average molecular weight is 672 g/mol. The van der Waals surface area contributed by atoms with Crippen LogP contribution in [0.3, 0.4) is 0 Å². The lowest BCUT2D eigenvalue weighted by Gasteiger charge is -2.25. The number of rotatable bonds is 12. The predicted octanol–water partition coefficient (Wildman–Crippen LogP) is 5.32. The number of carbonyl (C=O) groups excluding carboxylic acids is 1. The minimum absolute atomic E-state index is 0.0689. The maximum absolute atomic E-state index is 14.1. The van der Waals surface area contributed by atoms with E-state index in [0.717, 1.165) is 5.56 Å². The smallest absolute Gasteiger partial charge is 0.338 e. The summed E-state index contributed by atoms with van der Waals surface area (Å²) in [5.74, 6) is 1.59. The monoisotopic (exact) mass is 670 g/mol. The highest BCUT2D eigenvalue weighted by Crippen LogP contribution is 2.38. The van der Waals surface area contributed by atoms with Gasteiger partial charge in [0.05, 0.1) is 52.7 Å². The molecule has 0 N–H and O–H groups in total. The van der Waals surface area contributed by atoms with Crippen molar-refractivity contribution in [2.24, 2.45) is 4.99 Å². The lowest BCUT2D eigenvalue weighted by atomic mass is 9.95. The molecule has 0 saturated heterocycles. The predicted molar refractivity (Wildman–Crippen MR) is 170 cm³/mol. The number of benzene rings is 2. The molecule has 1 aliphatic heterocycles. The lowest BCUT2D eigenvalue weighted by Crippen LogP contribution is -2.40. The van der Waals surface area contributed by atoms with Crippen LogP contribution in [0.2, 0.25) is 0 Å². The Labute approximate surface area is 262 Å². The second-order valence-electron chi connectivity index (χ2n) is 9.74. The average Bonchev–Trinajstić information content (AvgIpc) is 3.26. The molecule has 1 aromatic heterocycles. The van der Waals surface area contributed by atoms with Gasteiger partial charge in [-0.1, -0.05) is 30.1 Å². The van der Waals surface area contributed by atoms with E-state index in [1.807, 2.05) is 39.0 Å². The molecule has 0 radical (unpaired) electrons. The third-order valence-corrected chi connectivity index (χ3v) is 7.93. The summed E-state index contributed by atoms with van der Waals surface area (Å²) >= 11 is 4.81. The summed E-state index contributed by atoms with van der Waals surface area (Å²) in [6, 6.07) is 8.27. The lowest BCUT2D eigenvalue weighted by molar-refractivity contribution is -0.139. The van der Waals surface area contributed by atoms with Gasteiger partial charge in [-0.25, -0.2) is 9.79 Å². The number of hydrogen-bond donors (Lipinski definition) is 0. The number of carbonyl (C=O) groups is 1. The zero-order valence-electron chi connectivity index (χ0n) is 25.1. The molecule has 0 fully saturated rings. The summed E-state index contributed by atoms with van der Waals surface area (Å²) in [5, 5.41) is 0. The molecule has 0 saturated carbocycles. The van der Waals surface area contributed by atoms with Crippen molar-refractivity contribution in [1.29, 1.82) is 0 Å². The van der Waals surface area contributed by atoms with E-state index in [2.05, 4.69) is 27.5 Å². The van der Waals surface area contributed by atoms with Gasteiger partial charge in [-0.15, -0.1) is 0 Å². The molecular formula is C32H35BrN2O7S. The van der Waals surface area contributed by atoms with Gasteiger partial charge in [0, 0.05) is 0 Å². The Morgan fingerprint density at radius 3 is 2.56 bits per heavy atom. The molecule has 2 heterocycles. The van der Waals surface area contributed by atoms with E-state index in [9.17, 15) is 9.59 Å². The van der Waals surface area contributed by atoms with E-state index in [1.54, 1.807) is 45.2 Å². The van der Waals surface area contributed by atoms with Crippen LogP contribution in [0.15, 0.2) is 68.5 Å². The first kappa shape index (κ1) is 32.1. The summed E-state index contributed by atoms with van der Waals surface area (Å²) in [5.41, 5.74) is 1.84. The number of fused-ring (bicyclic) bond motifs is 1. The summed E-state index contributed by atoms with van der Waals surface area (Å²) in [4.78, 5) is 32.5. The second-order valence-corrected chi connectivity index (χ2v) is 11.6. The van der Waals surface area contributed by atoms with Crippen LogP contribution >= 0.6 is 27.3 Å². The van der Waals surface area contributed by atoms with Crippen LogP contribution in [-0.2, 0) is 9.53 Å². The fourth-order valence-corrected chi connectivity index (χ4v) is 6.30. The third-order valence-electron chi connectivity index (χ3n) is 6.36. The molecule has 2 aromatic carbocycles. The van der Waals surface area contributed by atoms with Gasteiger partial charge >= 0.3 is 5.97 Å². The van der Waals surface area contributed by atoms with Gasteiger partial charge in [0.2, 0.25) is 0 Å². The molecule has 1 atom stereocenters. The summed E-state index contributed by atoms with van der Waals surface area (Å²) in [6.07, 6.45) is 3.36. The molecule has 43 heavy (non-hydrogen) atoms. The van der Waals surface area contributed by atoms with Gasteiger partial charge in [0.1, 0.15) is 6.61 Å². The number of thiazole rings is 1. The van der Waals surface area contributed by atoms with E-state index in [1.165, 1.54) is 15.9 Å². The van der Waals surface area contributed by atoms with Crippen molar-refractivity contribution >= 4 is 39.3 Å². The van der Waals surface area contributed by atoms with E-state index in [4.69, 9.17) is 23.7 Å². The largest absolute Gasteiger partial charge is 0.493 e. The number of halogens is 1. The fraction of sp³-hybridized carbons (Fsp3) is 0.344. The Hall–Kier alpha value is -3.83. The molecule has 0 bridgehead atoms. The van der Waals surface area contributed by atoms with Crippen LogP contribution in [0.25, 0.3) is 6.08 Å². The molecule has 0 spiro atoms. The number of esters is 1. The number of methoxy groups -OCH3 is 1. The normalized spacial score (nSPS) is 14.7. The van der Waals surface area contributed by atoms with E-state index < -0.39 is 12.0 Å². The summed E-state index contributed by atoms with van der Waals surface area (Å²) in [7, 11) is 1.55. The van der Waals surface area contributed by atoms with Gasteiger partial charge in [0.25, 0.3) is 5.56 Å². The Bertz CT molecular complexity index is 1740. The standard InChI is InChI=1S/C32H35BrN2O7S/c1-8-13-41-29-22(33)14-20(15-25(29)39-9-2)16-26-30(36)35-28(21-11-12-23(42-18(4)5)24(17-21)38-7)27(31(37)40-10-3)19(6)34-32(35)43-26/h8,11-12,14-18,28H,1,9-10,13H2,2-7H3/b26-16+/t28-/m1/s1. The number of aromatic nitrogens is 1. The molecule has 0 amide bonds. The molecular weight excluding hydrogens is 636 g/mol. The molecule has 0 aliphatic carbocycles. The van der Waals surface area contributed by atoms with Crippen LogP contribution in [0.1, 0.15) is 51.8 Å². The van der Waals surface area contributed by atoms with Crippen LogP contribution in [-0.4, -0.2) is 43.6 Å². The molecule has 4 rings (SSSR count). The van der Waals surface area contributed by atoms with Gasteiger partial charge < -0.3 is 23.7 Å². The topological polar surface area (TPSA) is 97.6 Å². The Morgan fingerprint density at radius 2 is 1.91 bits per heavy atom. The van der Waals surface area contributed by atoms with Crippen molar-refractivity contribution in [3.8, 4) is 23.0 Å². The van der Waals surface area contributed by atoms with E-state index >= 15 is 0 Å². The SMILES string of the molecule is C=CCOc1c(Br)cc(/C=c2/sc3n(c2=O)[C@H](c2ccc(OC(C)C)c(OC)c2)C(C(=O)OCC)=C(C)N=3)cc1OCC. The molecule has 0 unspecified atom stereocenters. The van der Waals surface area contributed by atoms with Crippen molar-refractivity contribution < 1.29 is 28.5 Å². The number of nitrogens with zero attached hydrogens (tertiary/aromatic N) is 2. The molecule has 9 nitrogen and oxygen atoms in total. The highest BCUT2D eigenvalue weighted by atomic mass is 79.9. The van der Waals surface area contributed by atoms with Crippen LogP contribution < -0.4 is 33.8 Å². The highest BCUT2D eigenvalue weighted by Gasteiger charge is 2.34. The van der Waals surface area contributed by atoms with Gasteiger partial charge in [0.15, 0.2) is 27.8 Å². The van der Waals surface area contributed by atoms with Crippen molar-refractivity contribution in [2.45, 2.75) is 46.8 Å². The first-order valence-electron chi connectivity index (χ1n) is 13.9. The van der Waals surface area contributed by atoms with Gasteiger partial charge in [-0.3, -0.25) is 9.36 Å². The maximum Gasteiger partial charge on any atom is 0.338 e. The van der Waals surface area contributed by atoms with Crippen LogP contribution in [0.5, 0.6) is 23.0 Å². The van der Waals surface area contributed by atoms with Gasteiger partial charge in [-0.2, -0.15) is 0 Å². The quantitative estimate of drug-likeness (QED) is 0.190. The van der Waals surface area contributed by atoms with Crippen molar-refractivity contribution in [2.75, 3.05) is 26.9 Å². The molecule has 11 heteroatoms. The van der Waals surface area contributed by atoms with Crippen molar-refractivity contribution in [3.63, 3.8) is 0 Å². The number of ether oxygens (including phenoxy) is 5. The molecule has 1 aliphatic rings. The van der Waals surface area contributed by atoms with Crippen LogP contribution in [0.4, 0.5) is 0 Å². The Balaban J connectivity index is 1.92. The van der Waals surface area contributed by atoms with E-state index in [0.29, 0.717) is 61.3 Å². The maximum atomic E-state index is 14.1. The Morgan fingerprint density at radius 1 is 1.14 bits per heavy atom. The third kappa shape index (κ3) is 6.88. The van der Waals surface area contributed by atoms with Crippen LogP contribution in [0, 0.1) is 0 Å². The summed E-state index contributed by atoms with van der Waals surface area (Å²) in [6.45, 7) is 13.9. The zero-order chi connectivity index (χ0) is 31.3. The first-order chi connectivity index (χ1) is 20.6. The zero-order valence-corrected chi connectivity index (χ0v) is 27.5.